The van der Waals surface area contributed by atoms with Crippen molar-refractivity contribution in [1.82, 2.24) is 4.90 Å². The van der Waals surface area contributed by atoms with Gasteiger partial charge < -0.3 is 0 Å². The Labute approximate surface area is 174 Å². The number of ketones is 1. The second-order valence-electron chi connectivity index (χ2n) is 9.30. The second-order valence-corrected chi connectivity index (χ2v) is 9.30. The fourth-order valence-electron chi connectivity index (χ4n) is 4.54. The summed E-state index contributed by atoms with van der Waals surface area (Å²) in [6, 6.07) is 28.9. The molecule has 0 aliphatic carbocycles. The third-order valence-corrected chi connectivity index (χ3v) is 6.16. The number of rotatable bonds is 4. The van der Waals surface area contributed by atoms with Gasteiger partial charge in [-0.15, -0.1) is 0 Å². The summed E-state index contributed by atoms with van der Waals surface area (Å²) in [7, 11) is 0. The van der Waals surface area contributed by atoms with E-state index in [2.05, 4.69) is 81.1 Å². The van der Waals surface area contributed by atoms with Gasteiger partial charge in [0.2, 0.25) is 0 Å². The first-order valence-corrected chi connectivity index (χ1v) is 10.3. The third kappa shape index (κ3) is 3.54. The Morgan fingerprint density at radius 2 is 1.34 bits per heavy atom. The van der Waals surface area contributed by atoms with Crippen molar-refractivity contribution in [2.45, 2.75) is 39.3 Å². The monoisotopic (exact) mass is 383 g/mol. The standard InChI is InChI=1S/C27H29NO/c1-26(2,3)28-19-27(4,24(28)22-13-9-6-10-14-22)25(29)23-17-15-21(16-18-23)20-11-7-5-8-12-20/h5-18,24H,19H2,1-4H3/t24-,27+/m1/s1. The van der Waals surface area contributed by atoms with Crippen molar-refractivity contribution in [3.8, 4) is 11.1 Å². The average molecular weight is 384 g/mol. The van der Waals surface area contributed by atoms with Crippen LogP contribution in [0.1, 0.15) is 49.7 Å². The SMILES string of the molecule is CC(C)(C)N1C[C@](C)(C(=O)c2ccc(-c3ccccc3)cc2)[C@H]1c1ccccc1. The summed E-state index contributed by atoms with van der Waals surface area (Å²) in [5.74, 6) is 0.228. The number of carbonyl (C=O) groups excluding carboxylic acids is 1. The molecule has 2 atom stereocenters. The summed E-state index contributed by atoms with van der Waals surface area (Å²) in [5.41, 5.74) is 3.90. The summed E-state index contributed by atoms with van der Waals surface area (Å²) in [6.45, 7) is 9.57. The Bertz CT molecular complexity index is 986. The first-order chi connectivity index (χ1) is 13.8. The maximum Gasteiger partial charge on any atom is 0.171 e. The van der Waals surface area contributed by atoms with Crippen LogP contribution in [0.3, 0.4) is 0 Å². The van der Waals surface area contributed by atoms with Crippen LogP contribution in [0.5, 0.6) is 0 Å². The highest BCUT2D eigenvalue weighted by molar-refractivity contribution is 6.02. The molecule has 0 saturated carbocycles. The van der Waals surface area contributed by atoms with E-state index in [9.17, 15) is 4.79 Å². The second kappa shape index (κ2) is 7.27. The molecule has 2 nitrogen and oxygen atoms in total. The molecule has 0 radical (unpaired) electrons. The van der Waals surface area contributed by atoms with Crippen molar-refractivity contribution in [3.63, 3.8) is 0 Å². The molecule has 1 fully saturated rings. The van der Waals surface area contributed by atoms with Crippen molar-refractivity contribution < 1.29 is 4.79 Å². The largest absolute Gasteiger partial charge is 0.293 e. The number of hydrogen-bond acceptors (Lipinski definition) is 2. The van der Waals surface area contributed by atoms with Crippen LogP contribution in [-0.2, 0) is 0 Å². The van der Waals surface area contributed by atoms with E-state index in [1.165, 1.54) is 11.1 Å². The molecule has 0 N–H and O–H groups in total. The van der Waals surface area contributed by atoms with E-state index in [0.717, 1.165) is 17.7 Å². The predicted octanol–water partition coefficient (Wildman–Crippen LogP) is 6.40. The van der Waals surface area contributed by atoms with E-state index in [4.69, 9.17) is 0 Å². The highest BCUT2D eigenvalue weighted by Crippen LogP contribution is 2.53. The van der Waals surface area contributed by atoms with Gasteiger partial charge in [0, 0.05) is 23.7 Å². The van der Waals surface area contributed by atoms with Crippen molar-refractivity contribution in [1.29, 1.82) is 0 Å². The molecular formula is C27H29NO. The number of benzene rings is 3. The Morgan fingerprint density at radius 1 is 0.828 bits per heavy atom. The van der Waals surface area contributed by atoms with Crippen LogP contribution < -0.4 is 0 Å². The fourth-order valence-corrected chi connectivity index (χ4v) is 4.54. The molecule has 0 aromatic heterocycles. The number of carbonyl (C=O) groups is 1. The van der Waals surface area contributed by atoms with Crippen LogP contribution >= 0.6 is 0 Å². The van der Waals surface area contributed by atoms with Crippen molar-refractivity contribution in [2.75, 3.05) is 6.54 Å². The molecule has 1 aliphatic rings. The van der Waals surface area contributed by atoms with Gasteiger partial charge in [-0.2, -0.15) is 0 Å². The van der Waals surface area contributed by atoms with Crippen LogP contribution in [0.2, 0.25) is 0 Å². The molecule has 1 aliphatic heterocycles. The maximum absolute atomic E-state index is 13.6. The summed E-state index contributed by atoms with van der Waals surface area (Å²) < 4.78 is 0. The molecule has 1 saturated heterocycles. The Balaban J connectivity index is 1.65. The van der Waals surface area contributed by atoms with Gasteiger partial charge in [0.05, 0.1) is 5.41 Å². The van der Waals surface area contributed by atoms with Crippen LogP contribution in [0.15, 0.2) is 84.9 Å². The first-order valence-electron chi connectivity index (χ1n) is 10.3. The molecule has 0 unspecified atom stereocenters. The topological polar surface area (TPSA) is 20.3 Å². The van der Waals surface area contributed by atoms with Gasteiger partial charge in [0.25, 0.3) is 0 Å². The van der Waals surface area contributed by atoms with Crippen LogP contribution in [0, 0.1) is 5.41 Å². The molecule has 0 amide bonds. The zero-order chi connectivity index (χ0) is 20.6. The zero-order valence-corrected chi connectivity index (χ0v) is 17.7. The molecule has 148 valence electrons. The van der Waals surface area contributed by atoms with Crippen molar-refractivity contribution in [3.05, 3.63) is 96.1 Å². The highest BCUT2D eigenvalue weighted by Gasteiger charge is 2.57. The quantitative estimate of drug-likeness (QED) is 0.486. The summed E-state index contributed by atoms with van der Waals surface area (Å²) >= 11 is 0. The van der Waals surface area contributed by atoms with E-state index >= 15 is 0 Å². The molecular weight excluding hydrogens is 354 g/mol. The van der Waals surface area contributed by atoms with Crippen molar-refractivity contribution >= 4 is 5.78 Å². The zero-order valence-electron chi connectivity index (χ0n) is 17.7. The van der Waals surface area contributed by atoms with Crippen LogP contribution in [0.4, 0.5) is 0 Å². The van der Waals surface area contributed by atoms with Gasteiger partial charge >= 0.3 is 0 Å². The number of Topliss-reactive ketones (excluding diaryl/α,β-unsaturated/α-hetero) is 1. The summed E-state index contributed by atoms with van der Waals surface area (Å²) in [5, 5.41) is 0. The minimum Gasteiger partial charge on any atom is -0.293 e. The first kappa shape index (κ1) is 19.6. The lowest BCUT2D eigenvalue weighted by atomic mass is 9.64. The number of hydrogen-bond donors (Lipinski definition) is 0. The Hall–Kier alpha value is -2.71. The maximum atomic E-state index is 13.6. The van der Waals surface area contributed by atoms with E-state index < -0.39 is 5.41 Å². The smallest absolute Gasteiger partial charge is 0.171 e. The highest BCUT2D eigenvalue weighted by atomic mass is 16.1. The lowest BCUT2D eigenvalue weighted by Crippen LogP contribution is -2.66. The Morgan fingerprint density at radius 3 is 1.90 bits per heavy atom. The third-order valence-electron chi connectivity index (χ3n) is 6.16. The number of likely N-dealkylation sites (tertiary alicyclic amines) is 1. The molecule has 3 aromatic carbocycles. The lowest BCUT2D eigenvalue weighted by molar-refractivity contribution is -0.0951. The van der Waals surface area contributed by atoms with Gasteiger partial charge in [-0.1, -0.05) is 84.9 Å². The average Bonchev–Trinajstić information content (AvgIpc) is 2.72. The van der Waals surface area contributed by atoms with E-state index in [1.807, 2.05) is 36.4 Å². The normalized spacial score (nSPS) is 22.1. The van der Waals surface area contributed by atoms with Gasteiger partial charge in [0.1, 0.15) is 0 Å². The molecule has 29 heavy (non-hydrogen) atoms. The van der Waals surface area contributed by atoms with Crippen molar-refractivity contribution in [2.24, 2.45) is 5.41 Å². The van der Waals surface area contributed by atoms with Gasteiger partial charge in [-0.25, -0.2) is 0 Å². The molecule has 4 rings (SSSR count). The molecule has 0 spiro atoms. The lowest BCUT2D eigenvalue weighted by Gasteiger charge is -2.60. The van der Waals surface area contributed by atoms with Crippen LogP contribution in [0.25, 0.3) is 11.1 Å². The minimum atomic E-state index is -0.428. The van der Waals surface area contributed by atoms with Gasteiger partial charge in [-0.05, 0) is 44.4 Å². The van der Waals surface area contributed by atoms with E-state index in [-0.39, 0.29) is 17.4 Å². The summed E-state index contributed by atoms with van der Waals surface area (Å²) in [6.07, 6.45) is 0. The van der Waals surface area contributed by atoms with E-state index in [1.54, 1.807) is 0 Å². The fraction of sp³-hybridized carbons (Fsp3) is 0.296. The molecule has 0 bridgehead atoms. The molecule has 1 heterocycles. The van der Waals surface area contributed by atoms with E-state index in [0.29, 0.717) is 0 Å². The predicted molar refractivity (Wildman–Crippen MR) is 120 cm³/mol. The molecule has 3 aromatic rings. The van der Waals surface area contributed by atoms with Gasteiger partial charge in [-0.3, -0.25) is 9.69 Å². The molecule has 2 heteroatoms. The van der Waals surface area contributed by atoms with Gasteiger partial charge in [0.15, 0.2) is 5.78 Å². The minimum absolute atomic E-state index is 0.0114. The van der Waals surface area contributed by atoms with Crippen LogP contribution in [-0.4, -0.2) is 22.8 Å². The number of nitrogens with zero attached hydrogens (tertiary/aromatic N) is 1. The summed E-state index contributed by atoms with van der Waals surface area (Å²) in [4.78, 5) is 16.1. The Kier molecular flexibility index (Phi) is 4.92.